The summed E-state index contributed by atoms with van der Waals surface area (Å²) in [5.74, 6) is 2.07. The van der Waals surface area contributed by atoms with E-state index in [0.717, 1.165) is 67.5 Å². The Morgan fingerprint density at radius 3 is 2.51 bits per heavy atom. The summed E-state index contributed by atoms with van der Waals surface area (Å²) in [5.41, 5.74) is 10.2. The molecule has 0 saturated carbocycles. The van der Waals surface area contributed by atoms with Crippen molar-refractivity contribution < 1.29 is 4.74 Å². The SMILES string of the molecule is C=C(COc1ccc(Cl)cc1)N1CCN(Cc2nc3ccc(N)cc3c(=O)n2-c2ccccc2CCC(C)C)CC1. The molecule has 41 heavy (non-hydrogen) atoms. The predicted octanol–water partition coefficient (Wildman–Crippen LogP) is 5.92. The minimum absolute atomic E-state index is 0.0827. The van der Waals surface area contributed by atoms with Crippen LogP contribution in [0.2, 0.25) is 5.02 Å². The van der Waals surface area contributed by atoms with Crippen LogP contribution in [-0.4, -0.2) is 52.1 Å². The molecule has 5 rings (SSSR count). The Morgan fingerprint density at radius 2 is 1.78 bits per heavy atom. The van der Waals surface area contributed by atoms with E-state index in [1.165, 1.54) is 0 Å². The van der Waals surface area contributed by atoms with Gasteiger partial charge in [-0.15, -0.1) is 0 Å². The van der Waals surface area contributed by atoms with E-state index in [0.29, 0.717) is 40.7 Å². The van der Waals surface area contributed by atoms with Gasteiger partial charge in [-0.1, -0.05) is 50.2 Å². The highest BCUT2D eigenvalue weighted by Gasteiger charge is 2.22. The summed E-state index contributed by atoms with van der Waals surface area (Å²) in [5, 5.41) is 1.22. The van der Waals surface area contributed by atoms with Gasteiger partial charge in [0.25, 0.3) is 5.56 Å². The Hall–Kier alpha value is -3.81. The Labute approximate surface area is 246 Å². The van der Waals surface area contributed by atoms with Crippen molar-refractivity contribution in [2.75, 3.05) is 38.5 Å². The van der Waals surface area contributed by atoms with E-state index in [9.17, 15) is 4.79 Å². The van der Waals surface area contributed by atoms with Crippen LogP contribution in [0.4, 0.5) is 5.69 Å². The number of aryl methyl sites for hydroxylation is 1. The Bertz CT molecular complexity index is 1570. The number of nitrogens with two attached hydrogens (primary N) is 1. The fourth-order valence-corrected chi connectivity index (χ4v) is 5.33. The highest BCUT2D eigenvalue weighted by atomic mass is 35.5. The predicted molar refractivity (Wildman–Crippen MR) is 168 cm³/mol. The molecule has 7 nitrogen and oxygen atoms in total. The van der Waals surface area contributed by atoms with Gasteiger partial charge in [0.05, 0.1) is 23.1 Å². The molecule has 4 aromatic rings. The van der Waals surface area contributed by atoms with Crippen LogP contribution < -0.4 is 16.0 Å². The smallest absolute Gasteiger partial charge is 0.266 e. The van der Waals surface area contributed by atoms with Gasteiger partial charge in [-0.3, -0.25) is 14.3 Å². The van der Waals surface area contributed by atoms with E-state index in [1.54, 1.807) is 12.1 Å². The summed E-state index contributed by atoms with van der Waals surface area (Å²) in [7, 11) is 0. The molecule has 1 aliphatic heterocycles. The summed E-state index contributed by atoms with van der Waals surface area (Å²) in [6.45, 7) is 13.0. The second-order valence-electron chi connectivity index (χ2n) is 11.1. The molecular weight excluding hydrogens is 534 g/mol. The van der Waals surface area contributed by atoms with E-state index in [1.807, 2.05) is 53.1 Å². The van der Waals surface area contributed by atoms with Crippen LogP contribution >= 0.6 is 11.6 Å². The first-order chi connectivity index (χ1) is 19.8. The lowest BCUT2D eigenvalue weighted by Gasteiger charge is -2.37. The van der Waals surface area contributed by atoms with E-state index in [2.05, 4.69) is 36.3 Å². The zero-order valence-corrected chi connectivity index (χ0v) is 24.6. The number of para-hydroxylation sites is 1. The van der Waals surface area contributed by atoms with Crippen LogP contribution in [0.15, 0.2) is 83.8 Å². The van der Waals surface area contributed by atoms with Gasteiger partial charge in [0.1, 0.15) is 18.2 Å². The van der Waals surface area contributed by atoms with Gasteiger partial charge in [-0.05, 0) is 72.9 Å². The number of aromatic nitrogens is 2. The van der Waals surface area contributed by atoms with E-state index in [4.69, 9.17) is 27.1 Å². The first-order valence-electron chi connectivity index (χ1n) is 14.2. The summed E-state index contributed by atoms with van der Waals surface area (Å²) < 4.78 is 7.71. The van der Waals surface area contributed by atoms with Gasteiger partial charge in [-0.25, -0.2) is 4.98 Å². The highest BCUT2D eigenvalue weighted by molar-refractivity contribution is 6.30. The van der Waals surface area contributed by atoms with Crippen molar-refractivity contribution in [1.82, 2.24) is 19.4 Å². The highest BCUT2D eigenvalue weighted by Crippen LogP contribution is 2.23. The molecule has 1 aliphatic rings. The molecule has 2 N–H and O–H groups in total. The van der Waals surface area contributed by atoms with Crippen molar-refractivity contribution >= 4 is 28.2 Å². The number of halogens is 1. The molecule has 0 aliphatic carbocycles. The van der Waals surface area contributed by atoms with Gasteiger partial charge >= 0.3 is 0 Å². The number of ether oxygens (including phenoxy) is 1. The molecular formula is C33H38ClN5O2. The second kappa shape index (κ2) is 12.8. The van der Waals surface area contributed by atoms with Crippen LogP contribution in [0.5, 0.6) is 5.75 Å². The topological polar surface area (TPSA) is 76.6 Å². The fourth-order valence-electron chi connectivity index (χ4n) is 5.20. The van der Waals surface area contributed by atoms with E-state index in [-0.39, 0.29) is 5.56 Å². The second-order valence-corrected chi connectivity index (χ2v) is 11.5. The third-order valence-electron chi connectivity index (χ3n) is 7.59. The molecule has 1 saturated heterocycles. The zero-order valence-electron chi connectivity index (χ0n) is 23.9. The van der Waals surface area contributed by atoms with Gasteiger partial charge in [-0.2, -0.15) is 0 Å². The Kier molecular flexibility index (Phi) is 8.96. The molecule has 0 amide bonds. The van der Waals surface area contributed by atoms with Crippen molar-refractivity contribution in [1.29, 1.82) is 0 Å². The molecule has 1 aromatic heterocycles. The van der Waals surface area contributed by atoms with Crippen LogP contribution in [0.1, 0.15) is 31.7 Å². The molecule has 214 valence electrons. The summed E-state index contributed by atoms with van der Waals surface area (Å²) in [6.07, 6.45) is 1.94. The van der Waals surface area contributed by atoms with Crippen molar-refractivity contribution in [2.45, 2.75) is 33.2 Å². The normalized spacial score (nSPS) is 14.1. The fraction of sp³-hybridized carbons (Fsp3) is 0.333. The Balaban J connectivity index is 1.35. The number of hydrogen-bond donors (Lipinski definition) is 1. The lowest BCUT2D eigenvalue weighted by molar-refractivity contribution is 0.139. The molecule has 2 heterocycles. The number of anilines is 1. The minimum Gasteiger partial charge on any atom is -0.487 e. The third-order valence-corrected chi connectivity index (χ3v) is 7.84. The van der Waals surface area contributed by atoms with Crippen molar-refractivity contribution in [3.8, 4) is 11.4 Å². The maximum Gasteiger partial charge on any atom is 0.266 e. The van der Waals surface area contributed by atoms with Crippen LogP contribution in [-0.2, 0) is 13.0 Å². The number of benzene rings is 3. The van der Waals surface area contributed by atoms with Crippen molar-refractivity contribution in [3.05, 3.63) is 106 Å². The zero-order chi connectivity index (χ0) is 28.9. The Morgan fingerprint density at radius 1 is 1.05 bits per heavy atom. The average Bonchev–Trinajstić information content (AvgIpc) is 2.97. The number of fused-ring (bicyclic) bond motifs is 1. The molecule has 0 radical (unpaired) electrons. The maximum atomic E-state index is 14.0. The standard InChI is InChI=1S/C33H38ClN5O2/c1-23(2)8-9-25-6-4-5-7-31(25)39-32(36-30-15-12-27(35)20-29(30)33(39)40)21-37-16-18-38(19-17-37)24(3)22-41-28-13-10-26(34)11-14-28/h4-7,10-15,20,23H,3,8-9,16-19,21-22,35H2,1-2H3. The van der Waals surface area contributed by atoms with Gasteiger partial charge in [0, 0.05) is 42.6 Å². The van der Waals surface area contributed by atoms with Crippen molar-refractivity contribution in [2.24, 2.45) is 5.92 Å². The number of hydrogen-bond acceptors (Lipinski definition) is 6. The number of rotatable bonds is 10. The van der Waals surface area contributed by atoms with Gasteiger partial charge in [0.15, 0.2) is 0 Å². The monoisotopic (exact) mass is 571 g/mol. The molecule has 1 fully saturated rings. The van der Waals surface area contributed by atoms with Crippen LogP contribution in [0.3, 0.4) is 0 Å². The lowest BCUT2D eigenvalue weighted by Crippen LogP contribution is -2.46. The van der Waals surface area contributed by atoms with E-state index < -0.39 is 0 Å². The molecule has 8 heteroatoms. The quantitative estimate of drug-likeness (QED) is 0.238. The largest absolute Gasteiger partial charge is 0.487 e. The van der Waals surface area contributed by atoms with Crippen LogP contribution in [0, 0.1) is 5.92 Å². The number of nitrogen functional groups attached to an aromatic ring is 1. The lowest BCUT2D eigenvalue weighted by atomic mass is 10.0. The first-order valence-corrected chi connectivity index (χ1v) is 14.6. The van der Waals surface area contributed by atoms with Crippen LogP contribution in [0.25, 0.3) is 16.6 Å². The molecule has 0 bridgehead atoms. The molecule has 3 aromatic carbocycles. The maximum absolute atomic E-state index is 14.0. The summed E-state index contributed by atoms with van der Waals surface area (Å²) >= 11 is 5.97. The molecule has 0 spiro atoms. The summed E-state index contributed by atoms with van der Waals surface area (Å²) in [4.78, 5) is 23.6. The average molecular weight is 572 g/mol. The van der Waals surface area contributed by atoms with E-state index >= 15 is 0 Å². The third kappa shape index (κ3) is 6.92. The van der Waals surface area contributed by atoms with Gasteiger partial charge < -0.3 is 15.4 Å². The van der Waals surface area contributed by atoms with Gasteiger partial charge in [0.2, 0.25) is 0 Å². The first kappa shape index (κ1) is 28.7. The van der Waals surface area contributed by atoms with Crippen molar-refractivity contribution in [3.63, 3.8) is 0 Å². The molecule has 0 unspecified atom stereocenters. The minimum atomic E-state index is -0.0827. The number of piperazine rings is 1. The summed E-state index contributed by atoms with van der Waals surface area (Å²) in [6, 6.07) is 20.9. The number of nitrogens with zero attached hydrogens (tertiary/aromatic N) is 4. The molecule has 0 atom stereocenters.